The maximum Gasteiger partial charge on any atom is 0.225 e. The summed E-state index contributed by atoms with van der Waals surface area (Å²) in [6.07, 6.45) is -0.300. The molecule has 4 nitrogen and oxygen atoms in total. The Morgan fingerprint density at radius 2 is 1.76 bits per heavy atom. The van der Waals surface area contributed by atoms with E-state index in [-0.39, 0.29) is 12.0 Å². The molecule has 1 amide bonds. The van der Waals surface area contributed by atoms with E-state index in [1.54, 1.807) is 7.11 Å². The monoisotopic (exact) mass is 283 g/mol. The van der Waals surface area contributed by atoms with Crippen molar-refractivity contribution in [2.24, 2.45) is 0 Å². The van der Waals surface area contributed by atoms with Crippen LogP contribution in [0.3, 0.4) is 0 Å². The minimum atomic E-state index is -0.428. The number of ether oxygens (including phenoxy) is 2. The van der Waals surface area contributed by atoms with Gasteiger partial charge in [-0.15, -0.1) is 0 Å². The Bertz CT molecular complexity index is 610. The van der Waals surface area contributed by atoms with E-state index in [0.29, 0.717) is 6.42 Å². The molecule has 4 heteroatoms. The number of hydrogen-bond acceptors (Lipinski definition) is 3. The van der Waals surface area contributed by atoms with Gasteiger partial charge in [0.2, 0.25) is 5.91 Å². The average Bonchev–Trinajstić information content (AvgIpc) is 2.55. The molecule has 1 heterocycles. The Kier molecular flexibility index (Phi) is 3.88. The van der Waals surface area contributed by atoms with Gasteiger partial charge in [-0.25, -0.2) is 0 Å². The van der Waals surface area contributed by atoms with E-state index in [2.05, 4.69) is 5.32 Å². The minimum absolute atomic E-state index is 0.00378. The van der Waals surface area contributed by atoms with Crippen LogP contribution in [0.4, 0.5) is 0 Å². The standard InChI is InChI=1S/C17H17NO3/c1-20-14-9-7-13(8-10-14)17-18-16(19)11-15(21-17)12-5-3-2-4-6-12/h2-10,15,17H,11H2,1H3,(H,18,19)/t15-,17+/m0/s1. The summed E-state index contributed by atoms with van der Waals surface area (Å²) in [4.78, 5) is 11.9. The molecular weight excluding hydrogens is 266 g/mol. The van der Waals surface area contributed by atoms with Crippen LogP contribution < -0.4 is 10.1 Å². The first kappa shape index (κ1) is 13.6. The van der Waals surface area contributed by atoms with Gasteiger partial charge in [0.1, 0.15) is 5.75 Å². The molecule has 108 valence electrons. The third-order valence-electron chi connectivity index (χ3n) is 3.55. The van der Waals surface area contributed by atoms with Gasteiger partial charge >= 0.3 is 0 Å². The quantitative estimate of drug-likeness (QED) is 0.942. The SMILES string of the molecule is COc1ccc([C@@H]2NC(=O)C[C@@H](c3ccccc3)O2)cc1. The smallest absolute Gasteiger partial charge is 0.225 e. The summed E-state index contributed by atoms with van der Waals surface area (Å²) in [5.41, 5.74) is 1.93. The number of carbonyl (C=O) groups excluding carboxylic acids is 1. The summed E-state index contributed by atoms with van der Waals surface area (Å²) in [6, 6.07) is 17.3. The molecule has 3 rings (SSSR count). The number of carbonyl (C=O) groups is 1. The highest BCUT2D eigenvalue weighted by molar-refractivity contribution is 5.77. The summed E-state index contributed by atoms with van der Waals surface area (Å²) >= 11 is 0. The number of amides is 1. The predicted octanol–water partition coefficient (Wildman–Crippen LogP) is 2.97. The van der Waals surface area contributed by atoms with Crippen LogP contribution in [-0.2, 0) is 9.53 Å². The van der Waals surface area contributed by atoms with Crippen molar-refractivity contribution in [2.45, 2.75) is 18.8 Å². The maximum atomic E-state index is 11.9. The van der Waals surface area contributed by atoms with E-state index in [1.165, 1.54) is 0 Å². The molecule has 0 radical (unpaired) electrons. The minimum Gasteiger partial charge on any atom is -0.497 e. The van der Waals surface area contributed by atoms with Gasteiger partial charge < -0.3 is 14.8 Å². The van der Waals surface area contributed by atoms with Crippen molar-refractivity contribution in [2.75, 3.05) is 7.11 Å². The summed E-state index contributed by atoms with van der Waals surface area (Å²) in [5, 5.41) is 2.87. The van der Waals surface area contributed by atoms with Crippen LogP contribution in [0.25, 0.3) is 0 Å². The van der Waals surface area contributed by atoms with Gasteiger partial charge in [0.15, 0.2) is 6.23 Å². The fourth-order valence-electron chi connectivity index (χ4n) is 2.42. The van der Waals surface area contributed by atoms with Crippen molar-refractivity contribution in [3.05, 3.63) is 65.7 Å². The van der Waals surface area contributed by atoms with Crippen LogP contribution in [0.2, 0.25) is 0 Å². The van der Waals surface area contributed by atoms with Crippen LogP contribution in [0.15, 0.2) is 54.6 Å². The molecule has 1 aliphatic heterocycles. The number of hydrogen-bond donors (Lipinski definition) is 1. The highest BCUT2D eigenvalue weighted by atomic mass is 16.5. The fourth-order valence-corrected chi connectivity index (χ4v) is 2.42. The molecule has 1 aliphatic rings. The molecule has 2 aromatic rings. The van der Waals surface area contributed by atoms with Crippen molar-refractivity contribution in [3.8, 4) is 5.75 Å². The second-order valence-electron chi connectivity index (χ2n) is 4.96. The van der Waals surface area contributed by atoms with Gasteiger partial charge in [0.05, 0.1) is 19.6 Å². The fraction of sp³-hybridized carbons (Fsp3) is 0.235. The molecule has 21 heavy (non-hydrogen) atoms. The number of nitrogens with one attached hydrogen (secondary N) is 1. The topological polar surface area (TPSA) is 47.6 Å². The van der Waals surface area contributed by atoms with Gasteiger partial charge in [-0.05, 0) is 17.7 Å². The van der Waals surface area contributed by atoms with E-state index in [4.69, 9.17) is 9.47 Å². The van der Waals surface area contributed by atoms with E-state index in [0.717, 1.165) is 16.9 Å². The van der Waals surface area contributed by atoms with Crippen LogP contribution in [0, 0.1) is 0 Å². The van der Waals surface area contributed by atoms with Crippen molar-refractivity contribution in [1.82, 2.24) is 5.32 Å². The van der Waals surface area contributed by atoms with Gasteiger partial charge in [-0.3, -0.25) is 4.79 Å². The van der Waals surface area contributed by atoms with Crippen molar-refractivity contribution in [3.63, 3.8) is 0 Å². The second kappa shape index (κ2) is 5.97. The molecule has 0 bridgehead atoms. The molecule has 0 aromatic heterocycles. The Morgan fingerprint density at radius 1 is 1.05 bits per heavy atom. The van der Waals surface area contributed by atoms with Crippen LogP contribution in [-0.4, -0.2) is 13.0 Å². The highest BCUT2D eigenvalue weighted by Crippen LogP contribution is 2.32. The second-order valence-corrected chi connectivity index (χ2v) is 4.96. The zero-order valence-corrected chi connectivity index (χ0v) is 11.8. The maximum absolute atomic E-state index is 11.9. The first-order valence-corrected chi connectivity index (χ1v) is 6.90. The summed E-state index contributed by atoms with van der Waals surface area (Å²) in [7, 11) is 1.62. The summed E-state index contributed by atoms with van der Waals surface area (Å²) < 4.78 is 11.2. The van der Waals surface area contributed by atoms with Gasteiger partial charge in [-0.1, -0.05) is 42.5 Å². The molecule has 1 N–H and O–H groups in total. The normalized spacial score (nSPS) is 21.7. The molecule has 1 fully saturated rings. The van der Waals surface area contributed by atoms with E-state index in [9.17, 15) is 4.79 Å². The Morgan fingerprint density at radius 3 is 2.43 bits per heavy atom. The van der Waals surface area contributed by atoms with Crippen LogP contribution in [0.5, 0.6) is 5.75 Å². The average molecular weight is 283 g/mol. The highest BCUT2D eigenvalue weighted by Gasteiger charge is 2.29. The molecule has 2 atom stereocenters. The van der Waals surface area contributed by atoms with Gasteiger partial charge in [0.25, 0.3) is 0 Å². The van der Waals surface area contributed by atoms with E-state index in [1.807, 2.05) is 54.6 Å². The van der Waals surface area contributed by atoms with Gasteiger partial charge in [0, 0.05) is 5.56 Å². The van der Waals surface area contributed by atoms with Gasteiger partial charge in [-0.2, -0.15) is 0 Å². The van der Waals surface area contributed by atoms with Crippen molar-refractivity contribution >= 4 is 5.91 Å². The Hall–Kier alpha value is -2.33. The van der Waals surface area contributed by atoms with Crippen LogP contribution >= 0.6 is 0 Å². The Labute approximate surface area is 123 Å². The first-order valence-electron chi connectivity index (χ1n) is 6.90. The summed E-state index contributed by atoms with van der Waals surface area (Å²) in [5.74, 6) is 0.774. The zero-order chi connectivity index (χ0) is 14.7. The lowest BCUT2D eigenvalue weighted by Gasteiger charge is -2.31. The number of benzene rings is 2. The lowest BCUT2D eigenvalue weighted by atomic mass is 10.0. The lowest BCUT2D eigenvalue weighted by Crippen LogP contribution is -2.37. The largest absolute Gasteiger partial charge is 0.497 e. The van der Waals surface area contributed by atoms with Crippen molar-refractivity contribution in [1.29, 1.82) is 0 Å². The first-order chi connectivity index (χ1) is 10.3. The third kappa shape index (κ3) is 3.06. The molecule has 0 saturated carbocycles. The molecular formula is C17H17NO3. The predicted molar refractivity (Wildman–Crippen MR) is 78.8 cm³/mol. The summed E-state index contributed by atoms with van der Waals surface area (Å²) in [6.45, 7) is 0. The molecule has 2 aromatic carbocycles. The molecule has 0 aliphatic carbocycles. The van der Waals surface area contributed by atoms with E-state index >= 15 is 0 Å². The zero-order valence-electron chi connectivity index (χ0n) is 11.8. The number of rotatable bonds is 3. The Balaban J connectivity index is 1.81. The molecule has 0 unspecified atom stereocenters. The molecule has 1 saturated heterocycles. The number of methoxy groups -OCH3 is 1. The van der Waals surface area contributed by atoms with Crippen molar-refractivity contribution < 1.29 is 14.3 Å². The lowest BCUT2D eigenvalue weighted by molar-refractivity contribution is -0.143. The van der Waals surface area contributed by atoms with E-state index < -0.39 is 6.23 Å². The molecule has 0 spiro atoms. The third-order valence-corrected chi connectivity index (χ3v) is 3.55. The van der Waals surface area contributed by atoms with Crippen LogP contribution in [0.1, 0.15) is 29.9 Å².